The molecule has 8 heteroatoms. The summed E-state index contributed by atoms with van der Waals surface area (Å²) in [4.78, 5) is 16.9. The average Bonchev–Trinajstić information content (AvgIpc) is 3.02. The Morgan fingerprint density at radius 3 is 2.48 bits per heavy atom. The van der Waals surface area contributed by atoms with E-state index in [1.165, 1.54) is 12.1 Å². The highest BCUT2D eigenvalue weighted by molar-refractivity contribution is 7.92. The molecule has 0 aliphatic rings. The van der Waals surface area contributed by atoms with Gasteiger partial charge in [-0.2, -0.15) is 9.27 Å². The van der Waals surface area contributed by atoms with Crippen molar-refractivity contribution in [2.75, 3.05) is 11.0 Å². The largest absolute Gasteiger partial charge is 0.324 e. The first-order valence-electron chi connectivity index (χ1n) is 9.77. The summed E-state index contributed by atoms with van der Waals surface area (Å²) in [6, 6.07) is 12.3. The van der Waals surface area contributed by atoms with Crippen LogP contribution in [0.25, 0.3) is 22.2 Å². The Bertz CT molecular complexity index is 1300. The maximum atomic E-state index is 13.3. The van der Waals surface area contributed by atoms with Gasteiger partial charge in [0.2, 0.25) is 0 Å². The fourth-order valence-electron chi connectivity index (χ4n) is 3.75. The molecule has 160 valence electrons. The van der Waals surface area contributed by atoms with Gasteiger partial charge in [-0.1, -0.05) is 12.1 Å². The standard InChI is InChI=1S/C23H24FN4O2S/c1-14-9-18(13-27(3)23(14)29)17-10-20(26-31(4)30)22-21(11-17)28(15(2)25-22)12-16-5-7-19(24)8-6-16/h5-11,13,26,30H,12H2,1-4H3/q+1. The Balaban J connectivity index is 1.92. The highest BCUT2D eigenvalue weighted by Gasteiger charge is 2.18. The third kappa shape index (κ3) is 4.22. The third-order valence-electron chi connectivity index (χ3n) is 5.25. The van der Waals surface area contributed by atoms with Crippen LogP contribution >= 0.6 is 0 Å². The minimum atomic E-state index is -1.03. The molecule has 4 aromatic rings. The summed E-state index contributed by atoms with van der Waals surface area (Å²) in [7, 11) is 1.73. The van der Waals surface area contributed by atoms with Gasteiger partial charge in [0.05, 0.1) is 5.52 Å². The summed E-state index contributed by atoms with van der Waals surface area (Å²) in [6.07, 6.45) is 3.48. The number of aromatic nitrogens is 3. The maximum absolute atomic E-state index is 13.3. The van der Waals surface area contributed by atoms with E-state index in [1.807, 2.05) is 25.1 Å². The van der Waals surface area contributed by atoms with Crippen LogP contribution in [0.5, 0.6) is 0 Å². The summed E-state index contributed by atoms with van der Waals surface area (Å²) in [5.74, 6) is 0.540. The lowest BCUT2D eigenvalue weighted by molar-refractivity contribution is 0.626. The SMILES string of the molecule is Cc1cc(-c2cc(N[S+](C)O)c3nc(C)n(Cc4ccc(F)cc4)c3c2)cn(C)c1=O. The van der Waals surface area contributed by atoms with Gasteiger partial charge in [0, 0.05) is 25.4 Å². The molecular weight excluding hydrogens is 415 g/mol. The number of rotatable bonds is 5. The Morgan fingerprint density at radius 1 is 1.13 bits per heavy atom. The van der Waals surface area contributed by atoms with Gasteiger partial charge >= 0.3 is 0 Å². The van der Waals surface area contributed by atoms with Gasteiger partial charge in [-0.25, -0.2) is 9.37 Å². The fourth-order valence-corrected chi connectivity index (χ4v) is 4.22. The first-order valence-corrected chi connectivity index (χ1v) is 11.4. The van der Waals surface area contributed by atoms with Gasteiger partial charge in [0.25, 0.3) is 16.9 Å². The highest BCUT2D eigenvalue weighted by Crippen LogP contribution is 2.32. The second-order valence-corrected chi connectivity index (χ2v) is 8.83. The van der Waals surface area contributed by atoms with Crippen LogP contribution in [0.1, 0.15) is 17.0 Å². The summed E-state index contributed by atoms with van der Waals surface area (Å²) < 4.78 is 30.1. The molecule has 1 atom stereocenters. The second kappa shape index (κ2) is 8.20. The fraction of sp³-hybridized carbons (Fsp3) is 0.217. The van der Waals surface area contributed by atoms with E-state index < -0.39 is 11.4 Å². The lowest BCUT2D eigenvalue weighted by Gasteiger charge is -2.11. The number of pyridine rings is 1. The monoisotopic (exact) mass is 439 g/mol. The van der Waals surface area contributed by atoms with Gasteiger partial charge in [-0.3, -0.25) is 4.79 Å². The lowest BCUT2D eigenvalue weighted by Crippen LogP contribution is -2.18. The molecule has 0 aliphatic carbocycles. The Hall–Kier alpha value is -3.10. The molecule has 0 bridgehead atoms. The van der Waals surface area contributed by atoms with Crippen LogP contribution < -0.4 is 10.3 Å². The van der Waals surface area contributed by atoms with E-state index in [9.17, 15) is 13.7 Å². The normalized spacial score (nSPS) is 12.3. The van der Waals surface area contributed by atoms with Crippen molar-refractivity contribution in [3.8, 4) is 11.1 Å². The molecular formula is C23H24FN4O2S+. The molecule has 0 aliphatic heterocycles. The summed E-state index contributed by atoms with van der Waals surface area (Å²) in [5.41, 5.74) is 5.73. The van der Waals surface area contributed by atoms with Crippen molar-refractivity contribution in [2.24, 2.45) is 7.05 Å². The van der Waals surface area contributed by atoms with E-state index in [1.54, 1.807) is 43.1 Å². The van der Waals surface area contributed by atoms with Crippen molar-refractivity contribution in [3.05, 3.63) is 81.8 Å². The number of halogens is 1. The van der Waals surface area contributed by atoms with Crippen LogP contribution in [0.3, 0.4) is 0 Å². The number of benzene rings is 2. The number of fused-ring (bicyclic) bond motifs is 1. The molecule has 6 nitrogen and oxygen atoms in total. The molecule has 2 N–H and O–H groups in total. The number of imidazole rings is 1. The third-order valence-corrected chi connectivity index (χ3v) is 5.77. The smallest absolute Gasteiger partial charge is 0.259 e. The van der Waals surface area contributed by atoms with Crippen molar-refractivity contribution in [1.29, 1.82) is 0 Å². The van der Waals surface area contributed by atoms with Gasteiger partial charge in [-0.05, 0) is 60.9 Å². The van der Waals surface area contributed by atoms with Crippen LogP contribution in [0.15, 0.2) is 53.5 Å². The van der Waals surface area contributed by atoms with E-state index in [4.69, 9.17) is 4.98 Å². The first kappa shape index (κ1) is 21.1. The molecule has 0 spiro atoms. The molecule has 0 saturated carbocycles. The van der Waals surface area contributed by atoms with Gasteiger partial charge < -0.3 is 9.13 Å². The molecule has 0 amide bonds. The number of hydrogen-bond donors (Lipinski definition) is 2. The molecule has 2 heterocycles. The molecule has 2 aromatic heterocycles. The molecule has 2 aromatic carbocycles. The zero-order valence-corrected chi connectivity index (χ0v) is 18.6. The van der Waals surface area contributed by atoms with Crippen molar-refractivity contribution in [1.82, 2.24) is 14.1 Å². The number of anilines is 1. The lowest BCUT2D eigenvalue weighted by atomic mass is 10.0. The van der Waals surface area contributed by atoms with Crippen LogP contribution in [0.2, 0.25) is 0 Å². The Morgan fingerprint density at radius 2 is 1.84 bits per heavy atom. The highest BCUT2D eigenvalue weighted by atomic mass is 32.2. The van der Waals surface area contributed by atoms with Crippen LogP contribution in [0, 0.1) is 19.7 Å². The maximum Gasteiger partial charge on any atom is 0.259 e. The van der Waals surface area contributed by atoms with Crippen molar-refractivity contribution < 1.29 is 8.94 Å². The average molecular weight is 440 g/mol. The summed E-state index contributed by atoms with van der Waals surface area (Å²) in [6.45, 7) is 4.26. The minimum Gasteiger partial charge on any atom is -0.324 e. The van der Waals surface area contributed by atoms with Crippen LogP contribution in [-0.4, -0.2) is 24.9 Å². The van der Waals surface area contributed by atoms with Gasteiger partial charge in [0.1, 0.15) is 22.8 Å². The molecule has 0 fully saturated rings. The topological polar surface area (TPSA) is 72.1 Å². The second-order valence-electron chi connectivity index (χ2n) is 7.67. The van der Waals surface area contributed by atoms with Gasteiger partial charge in [-0.15, -0.1) is 0 Å². The Labute approximate surface area is 182 Å². The number of nitrogens with zero attached hydrogens (tertiary/aromatic N) is 3. The molecule has 31 heavy (non-hydrogen) atoms. The van der Waals surface area contributed by atoms with Crippen molar-refractivity contribution in [2.45, 2.75) is 20.4 Å². The van der Waals surface area contributed by atoms with E-state index in [2.05, 4.69) is 9.29 Å². The van der Waals surface area contributed by atoms with Crippen molar-refractivity contribution >= 4 is 28.1 Å². The number of hydrogen-bond acceptors (Lipinski definition) is 4. The molecule has 0 saturated heterocycles. The van der Waals surface area contributed by atoms with Gasteiger partial charge in [0.15, 0.2) is 6.26 Å². The van der Waals surface area contributed by atoms with E-state index in [-0.39, 0.29) is 11.4 Å². The zero-order valence-electron chi connectivity index (χ0n) is 17.8. The number of aryl methyl sites for hydroxylation is 3. The predicted molar refractivity (Wildman–Crippen MR) is 125 cm³/mol. The van der Waals surface area contributed by atoms with E-state index in [0.717, 1.165) is 33.5 Å². The molecule has 1 unspecified atom stereocenters. The molecule has 0 radical (unpaired) electrons. The van der Waals surface area contributed by atoms with Crippen molar-refractivity contribution in [3.63, 3.8) is 0 Å². The predicted octanol–water partition coefficient (Wildman–Crippen LogP) is 4.25. The number of nitrogens with one attached hydrogen (secondary N) is 1. The van der Waals surface area contributed by atoms with E-state index in [0.29, 0.717) is 17.8 Å². The quantitative estimate of drug-likeness (QED) is 0.456. The molecule has 4 rings (SSSR count). The Kier molecular flexibility index (Phi) is 5.60. The summed E-state index contributed by atoms with van der Waals surface area (Å²) in [5, 5.41) is 0. The first-order chi connectivity index (χ1) is 14.7. The zero-order chi connectivity index (χ0) is 22.3. The minimum absolute atomic E-state index is 0.0363. The van der Waals surface area contributed by atoms with E-state index >= 15 is 0 Å². The summed E-state index contributed by atoms with van der Waals surface area (Å²) >= 11 is -1.03. The van der Waals surface area contributed by atoms with Crippen LogP contribution in [-0.2, 0) is 25.0 Å². The van der Waals surface area contributed by atoms with Crippen LogP contribution in [0.4, 0.5) is 10.1 Å².